The number of hydrogen-bond donors (Lipinski definition) is 0. The number of aromatic nitrogens is 1. The van der Waals surface area contributed by atoms with E-state index < -0.39 is 0 Å². The first-order chi connectivity index (χ1) is 5.33. The van der Waals surface area contributed by atoms with Crippen molar-refractivity contribution in [2.24, 2.45) is 11.8 Å². The minimum atomic E-state index is 0.837. The Morgan fingerprint density at radius 1 is 1.45 bits per heavy atom. The van der Waals surface area contributed by atoms with Crippen LogP contribution in [0.4, 0.5) is 0 Å². The van der Waals surface area contributed by atoms with E-state index in [9.17, 15) is 0 Å². The van der Waals surface area contributed by atoms with Gasteiger partial charge in [0.05, 0.1) is 14.9 Å². The molecule has 0 radical (unpaired) electrons. The normalized spacial score (nSPS) is 31.4. The molecular weight excluding hydrogens is 154 g/mol. The lowest BCUT2D eigenvalue weighted by Crippen LogP contribution is -2.23. The predicted molar refractivity (Wildman–Crippen MR) is 46.6 cm³/mol. The quantitative estimate of drug-likeness (QED) is 0.547. The zero-order valence-corrected chi connectivity index (χ0v) is 7.19. The van der Waals surface area contributed by atoms with Gasteiger partial charge >= 0.3 is 0 Å². The highest BCUT2D eigenvalue weighted by Crippen LogP contribution is 2.41. The maximum Gasteiger partial charge on any atom is 0.0907 e. The maximum atomic E-state index is 4.46. The molecule has 1 nitrogen and oxygen atoms in total. The minimum Gasteiger partial charge on any atom is -0.242 e. The third-order valence-corrected chi connectivity index (χ3v) is 3.37. The van der Waals surface area contributed by atoms with E-state index in [1.165, 1.54) is 21.3 Å². The average Bonchev–Trinajstić information content (AvgIpc) is 2.57. The summed E-state index contributed by atoms with van der Waals surface area (Å²) in [7, 11) is 0. The monoisotopic (exact) mass is 163 g/mol. The molecule has 0 saturated heterocycles. The fourth-order valence-corrected chi connectivity index (χ4v) is 2.64. The van der Waals surface area contributed by atoms with Crippen LogP contribution in [-0.4, -0.2) is 4.98 Å². The molecule has 2 aliphatic carbocycles. The molecule has 1 aromatic rings. The van der Waals surface area contributed by atoms with Gasteiger partial charge in [0.15, 0.2) is 0 Å². The molecule has 0 N–H and O–H groups in total. The summed E-state index contributed by atoms with van der Waals surface area (Å²) in [6.07, 6.45) is 6.09. The highest BCUT2D eigenvalue weighted by Gasteiger charge is 2.35. The van der Waals surface area contributed by atoms with Gasteiger partial charge in [-0.05, 0) is 25.2 Å². The molecule has 0 amide bonds. The molecule has 2 unspecified atom stereocenters. The lowest BCUT2D eigenvalue weighted by molar-refractivity contribution is 1.05. The van der Waals surface area contributed by atoms with Crippen molar-refractivity contribution < 1.29 is 0 Å². The third kappa shape index (κ3) is 0.791. The maximum absolute atomic E-state index is 4.46. The van der Waals surface area contributed by atoms with Gasteiger partial charge in [-0.25, -0.2) is 4.98 Å². The molecule has 2 atom stereocenters. The SMILES string of the molecule is Cc1nc2c(s1)=CC1CC1C=2. The summed E-state index contributed by atoms with van der Waals surface area (Å²) in [6, 6.07) is 0. The van der Waals surface area contributed by atoms with Crippen LogP contribution in [0, 0.1) is 18.8 Å². The van der Waals surface area contributed by atoms with Crippen LogP contribution in [0.3, 0.4) is 0 Å². The first-order valence-electron chi connectivity index (χ1n) is 4.00. The molecule has 3 rings (SSSR count). The second-order valence-corrected chi connectivity index (χ2v) is 4.61. The predicted octanol–water partition coefficient (Wildman–Crippen LogP) is 0.662. The summed E-state index contributed by atoms with van der Waals surface area (Å²) in [5, 5.41) is 2.44. The van der Waals surface area contributed by atoms with Gasteiger partial charge in [0.1, 0.15) is 0 Å². The van der Waals surface area contributed by atoms with Crippen molar-refractivity contribution in [2.45, 2.75) is 13.3 Å². The van der Waals surface area contributed by atoms with E-state index in [0.29, 0.717) is 0 Å². The second-order valence-electron chi connectivity index (χ2n) is 3.38. The Morgan fingerprint density at radius 3 is 3.18 bits per heavy atom. The van der Waals surface area contributed by atoms with Crippen LogP contribution in [0.25, 0.3) is 12.2 Å². The van der Waals surface area contributed by atoms with Crippen LogP contribution in [0.5, 0.6) is 0 Å². The molecule has 1 heterocycles. The average molecular weight is 163 g/mol. The smallest absolute Gasteiger partial charge is 0.0907 e. The minimum absolute atomic E-state index is 0.837. The van der Waals surface area contributed by atoms with E-state index in [2.05, 4.69) is 24.1 Å². The van der Waals surface area contributed by atoms with E-state index in [0.717, 1.165) is 11.8 Å². The molecule has 56 valence electrons. The van der Waals surface area contributed by atoms with Gasteiger partial charge in [-0.3, -0.25) is 0 Å². The van der Waals surface area contributed by atoms with Gasteiger partial charge in [0.25, 0.3) is 0 Å². The molecule has 1 saturated carbocycles. The summed E-state index contributed by atoms with van der Waals surface area (Å²) in [4.78, 5) is 4.46. The third-order valence-electron chi connectivity index (χ3n) is 2.42. The van der Waals surface area contributed by atoms with Crippen molar-refractivity contribution in [3.63, 3.8) is 0 Å². The molecule has 0 spiro atoms. The zero-order valence-electron chi connectivity index (χ0n) is 6.37. The standard InChI is InChI=1S/C9H9NS/c1-5-10-8-3-6-2-7(6)4-9(8)11-5/h3-4,6-7H,2H2,1H3. The van der Waals surface area contributed by atoms with Crippen LogP contribution in [0.15, 0.2) is 0 Å². The van der Waals surface area contributed by atoms with Gasteiger partial charge in [-0.1, -0.05) is 12.2 Å². The summed E-state index contributed by atoms with van der Waals surface area (Å²) < 4.78 is 1.40. The largest absolute Gasteiger partial charge is 0.242 e. The summed E-state index contributed by atoms with van der Waals surface area (Å²) in [6.45, 7) is 2.08. The topological polar surface area (TPSA) is 12.9 Å². The molecule has 11 heavy (non-hydrogen) atoms. The van der Waals surface area contributed by atoms with Crippen LogP contribution >= 0.6 is 11.3 Å². The van der Waals surface area contributed by atoms with Gasteiger partial charge in [0, 0.05) is 0 Å². The molecule has 2 aliphatic rings. The molecule has 2 heteroatoms. The highest BCUT2D eigenvalue weighted by molar-refractivity contribution is 7.09. The number of hydrogen-bond acceptors (Lipinski definition) is 2. The highest BCUT2D eigenvalue weighted by atomic mass is 32.1. The lowest BCUT2D eigenvalue weighted by Gasteiger charge is -1.88. The van der Waals surface area contributed by atoms with Crippen LogP contribution in [0.1, 0.15) is 11.4 Å². The van der Waals surface area contributed by atoms with Crippen molar-refractivity contribution in [3.8, 4) is 0 Å². The first-order valence-corrected chi connectivity index (χ1v) is 4.82. The lowest BCUT2D eigenvalue weighted by atomic mass is 10.2. The Kier molecular flexibility index (Phi) is 0.946. The Hall–Kier alpha value is -0.630. The fraction of sp³-hybridized carbons (Fsp3) is 0.444. The second kappa shape index (κ2) is 1.75. The summed E-state index contributed by atoms with van der Waals surface area (Å²) >= 11 is 1.82. The van der Waals surface area contributed by atoms with Gasteiger partial charge < -0.3 is 0 Å². The Labute approximate surface area is 69.1 Å². The molecule has 1 fully saturated rings. The molecule has 0 bridgehead atoms. The van der Waals surface area contributed by atoms with Crippen LogP contribution in [-0.2, 0) is 0 Å². The summed E-state index contributed by atoms with van der Waals surface area (Å²) in [5.41, 5.74) is 0. The van der Waals surface area contributed by atoms with Crippen molar-refractivity contribution in [1.29, 1.82) is 0 Å². The zero-order chi connectivity index (χ0) is 7.42. The van der Waals surface area contributed by atoms with Gasteiger partial charge in [-0.2, -0.15) is 0 Å². The number of fused-ring (bicyclic) bond motifs is 2. The first kappa shape index (κ1) is 5.95. The van der Waals surface area contributed by atoms with Crippen LogP contribution in [0.2, 0.25) is 0 Å². The Balaban J connectivity index is 2.40. The molecule has 0 aromatic carbocycles. The Bertz CT molecular complexity index is 378. The molecular formula is C9H9NS. The van der Waals surface area contributed by atoms with Crippen LogP contribution < -0.4 is 9.88 Å². The van der Waals surface area contributed by atoms with Crippen molar-refractivity contribution in [1.82, 2.24) is 4.98 Å². The van der Waals surface area contributed by atoms with E-state index in [-0.39, 0.29) is 0 Å². The van der Waals surface area contributed by atoms with E-state index in [1.54, 1.807) is 0 Å². The molecule has 1 aromatic heterocycles. The number of aryl methyl sites for hydroxylation is 1. The summed E-state index contributed by atoms with van der Waals surface area (Å²) in [5.74, 6) is 1.70. The fourth-order valence-electron chi connectivity index (χ4n) is 1.71. The van der Waals surface area contributed by atoms with E-state index in [1.807, 2.05) is 11.3 Å². The van der Waals surface area contributed by atoms with Crippen molar-refractivity contribution >= 4 is 23.5 Å². The number of nitrogens with zero attached hydrogens (tertiary/aromatic N) is 1. The van der Waals surface area contributed by atoms with E-state index in [4.69, 9.17) is 0 Å². The number of rotatable bonds is 0. The van der Waals surface area contributed by atoms with Gasteiger partial charge in [0.2, 0.25) is 0 Å². The van der Waals surface area contributed by atoms with Crippen molar-refractivity contribution in [2.75, 3.05) is 0 Å². The Morgan fingerprint density at radius 2 is 2.27 bits per heavy atom. The van der Waals surface area contributed by atoms with E-state index >= 15 is 0 Å². The van der Waals surface area contributed by atoms with Crippen molar-refractivity contribution in [3.05, 3.63) is 14.9 Å². The van der Waals surface area contributed by atoms with Gasteiger partial charge in [-0.15, -0.1) is 11.3 Å². The number of thiazole rings is 1. The molecule has 0 aliphatic heterocycles.